The van der Waals surface area contributed by atoms with Crippen LogP contribution in [0.15, 0.2) is 40.9 Å². The standard InChI is InChI=1S/C12H8BrClFNO/c13-8-4-5-10(15)11(6-8)17-7-9-2-1-3-12(14)16-9/h1-6H,7H2. The lowest BCUT2D eigenvalue weighted by Gasteiger charge is -2.07. The van der Waals surface area contributed by atoms with E-state index in [1.807, 2.05) is 0 Å². The van der Waals surface area contributed by atoms with E-state index in [9.17, 15) is 4.39 Å². The van der Waals surface area contributed by atoms with Crippen molar-refractivity contribution in [2.24, 2.45) is 0 Å². The highest BCUT2D eigenvalue weighted by atomic mass is 79.9. The van der Waals surface area contributed by atoms with E-state index >= 15 is 0 Å². The number of rotatable bonds is 3. The number of ether oxygens (including phenoxy) is 1. The van der Waals surface area contributed by atoms with Gasteiger partial charge in [0.25, 0.3) is 0 Å². The summed E-state index contributed by atoms with van der Waals surface area (Å²) < 4.78 is 19.4. The molecule has 0 fully saturated rings. The molecule has 1 aromatic heterocycles. The zero-order valence-corrected chi connectivity index (χ0v) is 11.0. The fourth-order valence-electron chi connectivity index (χ4n) is 1.27. The Morgan fingerprint density at radius 2 is 2.12 bits per heavy atom. The largest absolute Gasteiger partial charge is 0.484 e. The number of nitrogens with zero attached hydrogens (tertiary/aromatic N) is 1. The molecule has 0 spiro atoms. The van der Waals surface area contributed by atoms with Gasteiger partial charge in [0.1, 0.15) is 11.8 Å². The SMILES string of the molecule is Fc1ccc(Br)cc1OCc1cccc(Cl)n1. The minimum atomic E-state index is -0.407. The quantitative estimate of drug-likeness (QED) is 0.791. The Morgan fingerprint density at radius 1 is 1.29 bits per heavy atom. The van der Waals surface area contributed by atoms with Crippen LogP contribution in [0.3, 0.4) is 0 Å². The highest BCUT2D eigenvalue weighted by Crippen LogP contribution is 2.23. The van der Waals surface area contributed by atoms with Crippen LogP contribution < -0.4 is 4.74 Å². The third-order valence-electron chi connectivity index (χ3n) is 2.04. The number of hydrogen-bond acceptors (Lipinski definition) is 2. The van der Waals surface area contributed by atoms with Gasteiger partial charge in [-0.2, -0.15) is 0 Å². The number of aromatic nitrogens is 1. The van der Waals surface area contributed by atoms with Crippen molar-refractivity contribution in [1.29, 1.82) is 0 Å². The summed E-state index contributed by atoms with van der Waals surface area (Å²) in [7, 11) is 0. The first-order valence-electron chi connectivity index (χ1n) is 4.84. The summed E-state index contributed by atoms with van der Waals surface area (Å²) in [5.41, 5.74) is 0.650. The molecule has 17 heavy (non-hydrogen) atoms. The first kappa shape index (κ1) is 12.3. The maximum absolute atomic E-state index is 13.4. The van der Waals surface area contributed by atoms with E-state index in [4.69, 9.17) is 16.3 Å². The predicted octanol–water partition coefficient (Wildman–Crippen LogP) is 4.22. The van der Waals surface area contributed by atoms with Crippen molar-refractivity contribution in [3.05, 3.63) is 57.5 Å². The zero-order chi connectivity index (χ0) is 12.3. The Balaban J connectivity index is 2.09. The van der Waals surface area contributed by atoms with Crippen molar-refractivity contribution in [2.75, 3.05) is 0 Å². The molecule has 0 radical (unpaired) electrons. The molecule has 2 rings (SSSR count). The summed E-state index contributed by atoms with van der Waals surface area (Å²) in [6.07, 6.45) is 0. The van der Waals surface area contributed by atoms with Crippen LogP contribution in [-0.2, 0) is 6.61 Å². The van der Waals surface area contributed by atoms with Crippen LogP contribution in [0.4, 0.5) is 4.39 Å². The van der Waals surface area contributed by atoms with E-state index in [1.54, 1.807) is 30.3 Å². The second kappa shape index (κ2) is 5.47. The second-order valence-corrected chi connectivity index (χ2v) is 4.62. The number of halogens is 3. The van der Waals surface area contributed by atoms with Gasteiger partial charge in [0.15, 0.2) is 11.6 Å². The van der Waals surface area contributed by atoms with E-state index in [1.165, 1.54) is 6.07 Å². The number of pyridine rings is 1. The van der Waals surface area contributed by atoms with Crippen LogP contribution in [0.1, 0.15) is 5.69 Å². The summed E-state index contributed by atoms with van der Waals surface area (Å²) in [5, 5.41) is 0.390. The molecule has 0 amide bonds. The third kappa shape index (κ3) is 3.41. The molecule has 2 aromatic rings. The van der Waals surface area contributed by atoms with Crippen molar-refractivity contribution in [3.63, 3.8) is 0 Å². The lowest BCUT2D eigenvalue weighted by Crippen LogP contribution is -1.99. The van der Waals surface area contributed by atoms with Gasteiger partial charge in [-0.3, -0.25) is 0 Å². The van der Waals surface area contributed by atoms with Crippen LogP contribution in [-0.4, -0.2) is 4.98 Å². The van der Waals surface area contributed by atoms with Gasteiger partial charge in [0.05, 0.1) is 5.69 Å². The Kier molecular flexibility index (Phi) is 3.97. The molecule has 1 aromatic carbocycles. The van der Waals surface area contributed by atoms with Crippen molar-refractivity contribution < 1.29 is 9.13 Å². The van der Waals surface area contributed by atoms with Crippen LogP contribution >= 0.6 is 27.5 Å². The molecule has 1 heterocycles. The van der Waals surface area contributed by atoms with Gasteiger partial charge in [0, 0.05) is 4.47 Å². The monoisotopic (exact) mass is 315 g/mol. The van der Waals surface area contributed by atoms with Crippen molar-refractivity contribution >= 4 is 27.5 Å². The molecule has 0 bridgehead atoms. The van der Waals surface area contributed by atoms with Crippen molar-refractivity contribution in [1.82, 2.24) is 4.98 Å². The average Bonchev–Trinajstić information content (AvgIpc) is 2.30. The Morgan fingerprint density at radius 3 is 2.88 bits per heavy atom. The Bertz CT molecular complexity index is 536. The third-order valence-corrected chi connectivity index (χ3v) is 2.75. The summed E-state index contributed by atoms with van der Waals surface area (Å²) in [6.45, 7) is 0.175. The molecule has 0 saturated carbocycles. The van der Waals surface area contributed by atoms with E-state index in [0.717, 1.165) is 4.47 Å². The molecular weight excluding hydrogens is 308 g/mol. The second-order valence-electron chi connectivity index (χ2n) is 3.32. The smallest absolute Gasteiger partial charge is 0.165 e. The molecular formula is C12H8BrClFNO. The molecule has 2 nitrogen and oxygen atoms in total. The maximum Gasteiger partial charge on any atom is 0.165 e. The van der Waals surface area contributed by atoms with Gasteiger partial charge < -0.3 is 4.74 Å². The molecule has 5 heteroatoms. The fourth-order valence-corrected chi connectivity index (χ4v) is 1.79. The molecule has 0 aliphatic carbocycles. The average molecular weight is 317 g/mol. The molecule has 0 atom stereocenters. The summed E-state index contributed by atoms with van der Waals surface area (Å²) >= 11 is 8.99. The van der Waals surface area contributed by atoms with E-state index in [0.29, 0.717) is 10.8 Å². The summed E-state index contributed by atoms with van der Waals surface area (Å²) in [5.74, 6) is -0.226. The molecule has 0 N–H and O–H groups in total. The first-order valence-corrected chi connectivity index (χ1v) is 6.01. The van der Waals surface area contributed by atoms with Crippen LogP contribution in [0.25, 0.3) is 0 Å². The lowest BCUT2D eigenvalue weighted by molar-refractivity contribution is 0.286. The molecule has 0 saturated heterocycles. The predicted molar refractivity (Wildman–Crippen MR) is 67.7 cm³/mol. The van der Waals surface area contributed by atoms with Gasteiger partial charge >= 0.3 is 0 Å². The Hall–Kier alpha value is -1.13. The topological polar surface area (TPSA) is 22.1 Å². The number of hydrogen-bond donors (Lipinski definition) is 0. The van der Waals surface area contributed by atoms with Gasteiger partial charge in [-0.05, 0) is 30.3 Å². The molecule has 0 aliphatic rings. The van der Waals surface area contributed by atoms with Crippen LogP contribution in [0.2, 0.25) is 5.15 Å². The van der Waals surface area contributed by atoms with E-state index < -0.39 is 5.82 Å². The zero-order valence-electron chi connectivity index (χ0n) is 8.66. The van der Waals surface area contributed by atoms with Gasteiger partial charge in [-0.15, -0.1) is 0 Å². The normalized spacial score (nSPS) is 10.3. The van der Waals surface area contributed by atoms with E-state index in [-0.39, 0.29) is 12.4 Å². The van der Waals surface area contributed by atoms with Gasteiger partial charge in [-0.1, -0.05) is 33.6 Å². The minimum absolute atomic E-state index is 0.175. The summed E-state index contributed by atoms with van der Waals surface area (Å²) in [4.78, 5) is 4.05. The molecule has 0 unspecified atom stereocenters. The highest BCUT2D eigenvalue weighted by Gasteiger charge is 2.05. The maximum atomic E-state index is 13.4. The first-order chi connectivity index (χ1) is 8.15. The van der Waals surface area contributed by atoms with E-state index in [2.05, 4.69) is 20.9 Å². The Labute approximate surface area is 112 Å². The van der Waals surface area contributed by atoms with Gasteiger partial charge in [0.2, 0.25) is 0 Å². The summed E-state index contributed by atoms with van der Waals surface area (Å²) in [6, 6.07) is 9.72. The van der Waals surface area contributed by atoms with Crippen LogP contribution in [0, 0.1) is 5.82 Å². The van der Waals surface area contributed by atoms with Crippen LogP contribution in [0.5, 0.6) is 5.75 Å². The molecule has 0 aliphatic heterocycles. The van der Waals surface area contributed by atoms with Crippen molar-refractivity contribution in [2.45, 2.75) is 6.61 Å². The minimum Gasteiger partial charge on any atom is -0.484 e. The van der Waals surface area contributed by atoms with Crippen molar-refractivity contribution in [3.8, 4) is 5.75 Å². The highest BCUT2D eigenvalue weighted by molar-refractivity contribution is 9.10. The fraction of sp³-hybridized carbons (Fsp3) is 0.0833. The van der Waals surface area contributed by atoms with Gasteiger partial charge in [-0.25, -0.2) is 9.37 Å². The number of benzene rings is 1. The lowest BCUT2D eigenvalue weighted by atomic mass is 10.3. The molecule has 88 valence electrons.